The molecule has 2 aromatic rings. The number of hydrogen-bond acceptors (Lipinski definition) is 4. The van der Waals surface area contributed by atoms with Crippen LogP contribution in [0.15, 0.2) is 12.1 Å². The second kappa shape index (κ2) is 5.03. The minimum atomic E-state index is 0.327. The molecule has 1 unspecified atom stereocenters. The van der Waals surface area contributed by atoms with Crippen LogP contribution in [0.1, 0.15) is 18.4 Å². The highest BCUT2D eigenvalue weighted by Crippen LogP contribution is 2.33. The number of ether oxygens (including phenoxy) is 1. The fourth-order valence-electron chi connectivity index (χ4n) is 2.18. The number of nitrogens with zero attached hydrogens (tertiary/aromatic N) is 1. The number of nitrogens with one attached hydrogen (secondary N) is 1. The minimum absolute atomic E-state index is 0.327. The largest absolute Gasteiger partial charge is 0.376 e. The van der Waals surface area contributed by atoms with Crippen LogP contribution in [0.4, 0.5) is 5.13 Å². The van der Waals surface area contributed by atoms with Crippen molar-refractivity contribution >= 4 is 38.3 Å². The highest BCUT2D eigenvalue weighted by molar-refractivity contribution is 7.22. The number of aryl methyl sites for hydroxylation is 1. The Labute approximate surface area is 115 Å². The summed E-state index contributed by atoms with van der Waals surface area (Å²) in [6.07, 6.45) is 2.63. The Bertz CT molecular complexity index is 524. The maximum atomic E-state index is 6.19. The predicted octanol–water partition coefficient (Wildman–Crippen LogP) is 3.85. The molecule has 96 valence electrons. The average molecular weight is 283 g/mol. The van der Waals surface area contributed by atoms with E-state index < -0.39 is 0 Å². The van der Waals surface area contributed by atoms with Gasteiger partial charge in [0.25, 0.3) is 0 Å². The van der Waals surface area contributed by atoms with Crippen LogP contribution in [-0.4, -0.2) is 24.2 Å². The van der Waals surface area contributed by atoms with Gasteiger partial charge in [-0.05, 0) is 31.4 Å². The van der Waals surface area contributed by atoms with Gasteiger partial charge in [0.15, 0.2) is 5.13 Å². The maximum Gasteiger partial charge on any atom is 0.183 e. The van der Waals surface area contributed by atoms with Crippen molar-refractivity contribution in [2.24, 2.45) is 0 Å². The first-order valence-corrected chi connectivity index (χ1v) is 7.34. The van der Waals surface area contributed by atoms with Gasteiger partial charge in [-0.2, -0.15) is 0 Å². The zero-order chi connectivity index (χ0) is 12.5. The molecule has 1 saturated heterocycles. The molecular formula is C13H15ClN2OS. The topological polar surface area (TPSA) is 34.1 Å². The Kier molecular flexibility index (Phi) is 3.41. The molecule has 3 rings (SSSR count). The third kappa shape index (κ3) is 2.32. The van der Waals surface area contributed by atoms with Crippen molar-refractivity contribution in [3.05, 3.63) is 22.7 Å². The SMILES string of the molecule is Cc1ccc(Cl)c2sc(NCC3CCCO3)nc12. The lowest BCUT2D eigenvalue weighted by Crippen LogP contribution is -2.18. The van der Waals surface area contributed by atoms with E-state index in [9.17, 15) is 0 Å². The van der Waals surface area contributed by atoms with Crippen LogP contribution in [0.25, 0.3) is 10.2 Å². The molecule has 5 heteroatoms. The molecule has 1 aromatic heterocycles. The van der Waals surface area contributed by atoms with E-state index in [2.05, 4.69) is 17.2 Å². The number of aromatic nitrogens is 1. The fourth-order valence-corrected chi connectivity index (χ4v) is 3.41. The Hall–Kier alpha value is -0.840. The first-order chi connectivity index (χ1) is 8.74. The molecule has 1 N–H and O–H groups in total. The van der Waals surface area contributed by atoms with Crippen LogP contribution >= 0.6 is 22.9 Å². The Balaban J connectivity index is 1.80. The summed E-state index contributed by atoms with van der Waals surface area (Å²) in [5, 5.41) is 5.06. The van der Waals surface area contributed by atoms with Crippen molar-refractivity contribution in [2.75, 3.05) is 18.5 Å². The zero-order valence-electron chi connectivity index (χ0n) is 10.2. The van der Waals surface area contributed by atoms with Crippen molar-refractivity contribution in [3.8, 4) is 0 Å². The van der Waals surface area contributed by atoms with Crippen molar-refractivity contribution < 1.29 is 4.74 Å². The first-order valence-electron chi connectivity index (χ1n) is 6.15. The molecule has 0 amide bonds. The van der Waals surface area contributed by atoms with Gasteiger partial charge in [0.2, 0.25) is 0 Å². The third-order valence-corrected chi connectivity index (χ3v) is 4.68. The fraction of sp³-hybridized carbons (Fsp3) is 0.462. The van der Waals surface area contributed by atoms with Gasteiger partial charge in [-0.3, -0.25) is 0 Å². The second-order valence-corrected chi connectivity index (χ2v) is 5.98. The predicted molar refractivity (Wildman–Crippen MR) is 76.8 cm³/mol. The summed E-state index contributed by atoms with van der Waals surface area (Å²) in [5.41, 5.74) is 2.16. The molecule has 1 aliphatic heterocycles. The molecule has 18 heavy (non-hydrogen) atoms. The van der Waals surface area contributed by atoms with E-state index in [-0.39, 0.29) is 0 Å². The van der Waals surface area contributed by atoms with Gasteiger partial charge in [0, 0.05) is 13.2 Å². The lowest BCUT2D eigenvalue weighted by Gasteiger charge is -2.08. The van der Waals surface area contributed by atoms with Gasteiger partial charge >= 0.3 is 0 Å². The summed E-state index contributed by atoms with van der Waals surface area (Å²) in [4.78, 5) is 4.60. The van der Waals surface area contributed by atoms with E-state index in [1.807, 2.05) is 12.1 Å². The minimum Gasteiger partial charge on any atom is -0.376 e. The van der Waals surface area contributed by atoms with Gasteiger partial charge in [-0.15, -0.1) is 0 Å². The van der Waals surface area contributed by atoms with E-state index in [4.69, 9.17) is 16.3 Å². The Morgan fingerprint density at radius 2 is 2.44 bits per heavy atom. The first kappa shape index (κ1) is 12.2. The number of thiazole rings is 1. The highest BCUT2D eigenvalue weighted by atomic mass is 35.5. The van der Waals surface area contributed by atoms with Crippen LogP contribution in [0.2, 0.25) is 5.02 Å². The van der Waals surface area contributed by atoms with Gasteiger partial charge < -0.3 is 10.1 Å². The summed E-state index contributed by atoms with van der Waals surface area (Å²) in [5.74, 6) is 0. The van der Waals surface area contributed by atoms with Gasteiger partial charge in [0.05, 0.1) is 21.3 Å². The maximum absolute atomic E-state index is 6.19. The smallest absolute Gasteiger partial charge is 0.183 e. The van der Waals surface area contributed by atoms with E-state index in [0.29, 0.717) is 6.10 Å². The molecule has 3 nitrogen and oxygen atoms in total. The number of halogens is 1. The van der Waals surface area contributed by atoms with Gasteiger partial charge in [0.1, 0.15) is 0 Å². The molecule has 1 aliphatic rings. The number of hydrogen-bond donors (Lipinski definition) is 1. The van der Waals surface area contributed by atoms with Crippen molar-refractivity contribution in [1.29, 1.82) is 0 Å². The number of fused-ring (bicyclic) bond motifs is 1. The van der Waals surface area contributed by atoms with Gasteiger partial charge in [-0.25, -0.2) is 4.98 Å². The molecule has 1 fully saturated rings. The molecule has 0 spiro atoms. The lowest BCUT2D eigenvalue weighted by molar-refractivity contribution is 0.120. The van der Waals surface area contributed by atoms with Crippen LogP contribution < -0.4 is 5.32 Å². The molecule has 1 aromatic carbocycles. The molecular weight excluding hydrogens is 268 g/mol. The quantitative estimate of drug-likeness (QED) is 0.928. The van der Waals surface area contributed by atoms with Crippen LogP contribution in [-0.2, 0) is 4.74 Å². The molecule has 2 heterocycles. The lowest BCUT2D eigenvalue weighted by atomic mass is 10.2. The van der Waals surface area contributed by atoms with Gasteiger partial charge in [-0.1, -0.05) is 29.0 Å². The van der Waals surface area contributed by atoms with Crippen molar-refractivity contribution in [1.82, 2.24) is 4.98 Å². The Morgan fingerprint density at radius 3 is 3.17 bits per heavy atom. The number of anilines is 1. The second-order valence-electron chi connectivity index (χ2n) is 4.58. The van der Waals surface area contributed by atoms with Crippen LogP contribution in [0, 0.1) is 6.92 Å². The third-order valence-electron chi connectivity index (χ3n) is 3.20. The monoisotopic (exact) mass is 282 g/mol. The number of benzene rings is 1. The summed E-state index contributed by atoms with van der Waals surface area (Å²) in [7, 11) is 0. The standard InChI is InChI=1S/C13H15ClN2OS/c1-8-4-5-10(14)12-11(8)16-13(18-12)15-7-9-3-2-6-17-9/h4-5,9H,2-3,6-7H2,1H3,(H,15,16). The summed E-state index contributed by atoms with van der Waals surface area (Å²) in [6.45, 7) is 3.77. The zero-order valence-corrected chi connectivity index (χ0v) is 11.8. The number of rotatable bonds is 3. The Morgan fingerprint density at radius 1 is 1.56 bits per heavy atom. The average Bonchev–Trinajstić information content (AvgIpc) is 3.00. The van der Waals surface area contributed by atoms with E-state index in [0.717, 1.165) is 51.9 Å². The van der Waals surface area contributed by atoms with Crippen LogP contribution in [0.5, 0.6) is 0 Å². The molecule has 0 aliphatic carbocycles. The van der Waals surface area contributed by atoms with Crippen molar-refractivity contribution in [2.45, 2.75) is 25.9 Å². The summed E-state index contributed by atoms with van der Waals surface area (Å²) in [6, 6.07) is 3.94. The molecule has 0 saturated carbocycles. The van der Waals surface area contributed by atoms with Crippen LogP contribution in [0.3, 0.4) is 0 Å². The normalized spacial score (nSPS) is 19.6. The molecule has 0 bridgehead atoms. The van der Waals surface area contributed by atoms with E-state index in [1.165, 1.54) is 0 Å². The molecule has 0 radical (unpaired) electrons. The van der Waals surface area contributed by atoms with E-state index >= 15 is 0 Å². The van der Waals surface area contributed by atoms with E-state index in [1.54, 1.807) is 11.3 Å². The summed E-state index contributed by atoms with van der Waals surface area (Å²) < 4.78 is 6.65. The van der Waals surface area contributed by atoms with Crippen molar-refractivity contribution in [3.63, 3.8) is 0 Å². The summed E-state index contributed by atoms with van der Waals surface area (Å²) >= 11 is 7.80. The highest BCUT2D eigenvalue weighted by Gasteiger charge is 2.16. The molecule has 1 atom stereocenters.